The lowest BCUT2D eigenvalue weighted by Gasteiger charge is -2.10. The van der Waals surface area contributed by atoms with Gasteiger partial charge in [0.15, 0.2) is 0 Å². The third-order valence-electron chi connectivity index (χ3n) is 0.675. The van der Waals surface area contributed by atoms with Crippen LogP contribution < -0.4 is 0 Å². The van der Waals surface area contributed by atoms with Crippen LogP contribution in [0.5, 0.6) is 0 Å². The van der Waals surface area contributed by atoms with E-state index in [-0.39, 0.29) is 0 Å². The molecular formula is C5H9NO3. The molecule has 0 radical (unpaired) electrons. The maximum absolute atomic E-state index is 10.1. The molecule has 0 aliphatic heterocycles. The van der Waals surface area contributed by atoms with E-state index in [1.54, 1.807) is 6.92 Å². The molecule has 9 heavy (non-hydrogen) atoms. The number of nitrogens with zero attached hydrogens (tertiary/aromatic N) is 1. The summed E-state index contributed by atoms with van der Waals surface area (Å²) in [7, 11) is 0. The van der Waals surface area contributed by atoms with Crippen molar-refractivity contribution in [3.63, 3.8) is 0 Å². The molecule has 0 heterocycles. The van der Waals surface area contributed by atoms with Crippen molar-refractivity contribution in [2.75, 3.05) is 6.54 Å². The quantitative estimate of drug-likeness (QED) is 0.398. The number of hydrogen-bond donors (Lipinski definition) is 0. The van der Waals surface area contributed by atoms with Crippen molar-refractivity contribution in [3.8, 4) is 0 Å². The molecule has 4 heteroatoms. The minimum absolute atomic E-state index is 0.378. The highest BCUT2D eigenvalue weighted by molar-refractivity contribution is 5.66. The monoisotopic (exact) mass is 131 g/mol. The molecule has 4 nitrogen and oxygen atoms in total. The van der Waals surface area contributed by atoms with E-state index < -0.39 is 5.97 Å². The summed E-state index contributed by atoms with van der Waals surface area (Å²) < 4.78 is 0. The topological polar surface area (TPSA) is 46.6 Å². The zero-order chi connectivity index (χ0) is 7.28. The SMILES string of the molecule is CCN(C=O)OC(C)=O. The first-order chi connectivity index (χ1) is 4.20. The van der Waals surface area contributed by atoms with Crippen molar-refractivity contribution < 1.29 is 14.4 Å². The molecule has 0 aliphatic rings. The molecule has 0 aromatic rings. The van der Waals surface area contributed by atoms with E-state index >= 15 is 0 Å². The molecule has 0 N–H and O–H groups in total. The van der Waals surface area contributed by atoms with Crippen molar-refractivity contribution in [1.29, 1.82) is 0 Å². The van der Waals surface area contributed by atoms with Crippen molar-refractivity contribution >= 4 is 12.4 Å². The zero-order valence-corrected chi connectivity index (χ0v) is 5.46. The van der Waals surface area contributed by atoms with Gasteiger partial charge >= 0.3 is 5.97 Å². The maximum Gasteiger partial charge on any atom is 0.329 e. The Hall–Kier alpha value is -1.06. The number of rotatable bonds is 3. The average Bonchev–Trinajstić information content (AvgIpc) is 1.82. The first kappa shape index (κ1) is 7.94. The molecule has 0 saturated heterocycles. The minimum atomic E-state index is -0.482. The van der Waals surface area contributed by atoms with Crippen LogP contribution in [-0.2, 0) is 14.4 Å². The summed E-state index contributed by atoms with van der Waals surface area (Å²) in [6, 6.07) is 0. The number of carbonyl (C=O) groups is 2. The van der Waals surface area contributed by atoms with Crippen LogP contribution in [0.3, 0.4) is 0 Å². The Morgan fingerprint density at radius 3 is 2.44 bits per heavy atom. The van der Waals surface area contributed by atoms with E-state index in [9.17, 15) is 9.59 Å². The molecule has 1 amide bonds. The van der Waals surface area contributed by atoms with Gasteiger partial charge in [0.1, 0.15) is 0 Å². The second-order valence-corrected chi connectivity index (χ2v) is 1.42. The molecule has 52 valence electrons. The van der Waals surface area contributed by atoms with E-state index in [1.165, 1.54) is 6.92 Å². The summed E-state index contributed by atoms with van der Waals surface area (Å²) in [4.78, 5) is 24.4. The van der Waals surface area contributed by atoms with Gasteiger partial charge < -0.3 is 4.84 Å². The Kier molecular flexibility index (Phi) is 3.43. The summed E-state index contributed by atoms with van der Waals surface area (Å²) in [6.45, 7) is 3.33. The van der Waals surface area contributed by atoms with Crippen molar-refractivity contribution in [2.45, 2.75) is 13.8 Å². The molecule has 0 fully saturated rings. The lowest BCUT2D eigenvalue weighted by molar-refractivity contribution is -0.187. The van der Waals surface area contributed by atoms with Crippen LogP contribution in [0.15, 0.2) is 0 Å². The Labute approximate surface area is 53.3 Å². The van der Waals surface area contributed by atoms with Gasteiger partial charge in [0.05, 0.1) is 6.54 Å². The van der Waals surface area contributed by atoms with Crippen LogP contribution in [0.4, 0.5) is 0 Å². The molecule has 0 atom stereocenters. The number of hydrogen-bond acceptors (Lipinski definition) is 3. The average molecular weight is 131 g/mol. The van der Waals surface area contributed by atoms with Crippen LogP contribution >= 0.6 is 0 Å². The third kappa shape index (κ3) is 3.52. The van der Waals surface area contributed by atoms with Gasteiger partial charge in [-0.05, 0) is 6.92 Å². The highest BCUT2D eigenvalue weighted by Gasteiger charge is 1.99. The molecule has 0 aliphatic carbocycles. The van der Waals surface area contributed by atoms with Crippen molar-refractivity contribution in [1.82, 2.24) is 5.06 Å². The fourth-order valence-electron chi connectivity index (χ4n) is 0.326. The van der Waals surface area contributed by atoms with Gasteiger partial charge in [0.25, 0.3) is 0 Å². The molecule has 0 unspecified atom stereocenters. The van der Waals surface area contributed by atoms with Crippen LogP contribution in [-0.4, -0.2) is 24.0 Å². The zero-order valence-electron chi connectivity index (χ0n) is 5.46. The van der Waals surface area contributed by atoms with Gasteiger partial charge in [-0.1, -0.05) is 0 Å². The summed E-state index contributed by atoms with van der Waals surface area (Å²) in [5.41, 5.74) is 0. The fourth-order valence-corrected chi connectivity index (χ4v) is 0.326. The van der Waals surface area contributed by atoms with Crippen molar-refractivity contribution in [2.24, 2.45) is 0 Å². The van der Waals surface area contributed by atoms with Crippen LogP contribution in [0.25, 0.3) is 0 Å². The summed E-state index contributed by atoms with van der Waals surface area (Å²) in [5, 5.41) is 0.919. The lowest BCUT2D eigenvalue weighted by Crippen LogP contribution is -2.24. The van der Waals surface area contributed by atoms with Gasteiger partial charge in [-0.25, -0.2) is 0 Å². The van der Waals surface area contributed by atoms with E-state index in [0.717, 1.165) is 5.06 Å². The predicted octanol–water partition coefficient (Wildman–Crippen LogP) is -0.0572. The van der Waals surface area contributed by atoms with E-state index in [2.05, 4.69) is 4.84 Å². The standard InChI is InChI=1S/C5H9NO3/c1-3-6(4-7)9-5(2)8/h4H,3H2,1-2H3. The molecule has 0 aromatic carbocycles. The number of carbonyl (C=O) groups excluding carboxylic acids is 2. The molecular weight excluding hydrogens is 122 g/mol. The van der Waals surface area contributed by atoms with Crippen molar-refractivity contribution in [3.05, 3.63) is 0 Å². The second-order valence-electron chi connectivity index (χ2n) is 1.42. The normalized spacial score (nSPS) is 8.22. The van der Waals surface area contributed by atoms with Gasteiger partial charge in [-0.3, -0.25) is 9.59 Å². The van der Waals surface area contributed by atoms with E-state index in [0.29, 0.717) is 13.0 Å². The van der Waals surface area contributed by atoms with Gasteiger partial charge in [-0.15, -0.1) is 0 Å². The Morgan fingerprint density at radius 2 is 2.33 bits per heavy atom. The molecule has 0 rings (SSSR count). The molecule has 0 aromatic heterocycles. The smallest absolute Gasteiger partial charge is 0.329 e. The largest absolute Gasteiger partial charge is 0.339 e. The minimum Gasteiger partial charge on any atom is -0.339 e. The van der Waals surface area contributed by atoms with Gasteiger partial charge in [-0.2, -0.15) is 5.06 Å². The third-order valence-corrected chi connectivity index (χ3v) is 0.675. The lowest BCUT2D eigenvalue weighted by atomic mass is 10.7. The molecule has 0 bridgehead atoms. The molecule has 0 spiro atoms. The fraction of sp³-hybridized carbons (Fsp3) is 0.600. The Balaban J connectivity index is 3.55. The van der Waals surface area contributed by atoms with Gasteiger partial charge in [0, 0.05) is 6.92 Å². The van der Waals surface area contributed by atoms with Crippen LogP contribution in [0, 0.1) is 0 Å². The maximum atomic E-state index is 10.1. The van der Waals surface area contributed by atoms with E-state index in [1.807, 2.05) is 0 Å². The summed E-state index contributed by atoms with van der Waals surface area (Å²) in [5.74, 6) is -0.482. The summed E-state index contributed by atoms with van der Waals surface area (Å²) >= 11 is 0. The van der Waals surface area contributed by atoms with E-state index in [4.69, 9.17) is 0 Å². The number of hydroxylamine groups is 2. The van der Waals surface area contributed by atoms with Gasteiger partial charge in [0.2, 0.25) is 6.41 Å². The highest BCUT2D eigenvalue weighted by atomic mass is 16.7. The molecule has 0 saturated carbocycles. The number of amides is 1. The van der Waals surface area contributed by atoms with Crippen LogP contribution in [0.1, 0.15) is 13.8 Å². The predicted molar refractivity (Wildman–Crippen MR) is 30.2 cm³/mol. The van der Waals surface area contributed by atoms with Crippen LogP contribution in [0.2, 0.25) is 0 Å². The first-order valence-electron chi connectivity index (χ1n) is 2.61. The first-order valence-corrected chi connectivity index (χ1v) is 2.61. The summed E-state index contributed by atoms with van der Waals surface area (Å²) in [6.07, 6.45) is 0.460. The highest BCUT2D eigenvalue weighted by Crippen LogP contribution is 1.83. The Morgan fingerprint density at radius 1 is 1.78 bits per heavy atom. The second kappa shape index (κ2) is 3.88. The Bertz CT molecular complexity index is 113.